The number of carbonyl (C=O) groups excluding carboxylic acids is 2. The number of hydrogen-bond acceptors (Lipinski definition) is 5. The molecule has 7 heteroatoms. The number of fused-ring (bicyclic) bond motifs is 1. The monoisotopic (exact) mass is 431 g/mol. The molecule has 0 bridgehead atoms. The van der Waals surface area contributed by atoms with Gasteiger partial charge in [0.25, 0.3) is 11.8 Å². The van der Waals surface area contributed by atoms with Crippen LogP contribution >= 0.6 is 0 Å². The molecular formula is C25H25N3O4. The van der Waals surface area contributed by atoms with Crippen molar-refractivity contribution >= 4 is 11.8 Å². The second-order valence-electron chi connectivity index (χ2n) is 7.56. The van der Waals surface area contributed by atoms with E-state index in [2.05, 4.69) is 10.3 Å². The normalized spacial score (nSPS) is 12.8. The summed E-state index contributed by atoms with van der Waals surface area (Å²) in [6, 6.07) is 20.4. The molecule has 32 heavy (non-hydrogen) atoms. The van der Waals surface area contributed by atoms with Crippen LogP contribution in [0.1, 0.15) is 32.8 Å². The van der Waals surface area contributed by atoms with Gasteiger partial charge in [0.2, 0.25) is 6.79 Å². The minimum Gasteiger partial charge on any atom is -0.454 e. The summed E-state index contributed by atoms with van der Waals surface area (Å²) in [6.45, 7) is 0.521. The van der Waals surface area contributed by atoms with Crippen molar-refractivity contribution in [1.29, 1.82) is 0 Å². The van der Waals surface area contributed by atoms with Crippen LogP contribution in [0, 0.1) is 0 Å². The van der Waals surface area contributed by atoms with Gasteiger partial charge in [0.05, 0.1) is 5.56 Å². The Labute approximate surface area is 187 Å². The molecule has 0 unspecified atom stereocenters. The van der Waals surface area contributed by atoms with Gasteiger partial charge in [-0.2, -0.15) is 0 Å². The molecule has 1 aliphatic heterocycles. The predicted octanol–water partition coefficient (Wildman–Crippen LogP) is 3.31. The maximum Gasteiger partial charge on any atom is 0.269 e. The lowest BCUT2D eigenvalue weighted by Gasteiger charge is -2.29. The highest BCUT2D eigenvalue weighted by atomic mass is 16.7. The Balaban J connectivity index is 1.48. The lowest BCUT2D eigenvalue weighted by molar-refractivity contribution is 0.0718. The summed E-state index contributed by atoms with van der Waals surface area (Å²) in [7, 11) is 1.78. The predicted molar refractivity (Wildman–Crippen MR) is 120 cm³/mol. The lowest BCUT2D eigenvalue weighted by Crippen LogP contribution is -2.41. The van der Waals surface area contributed by atoms with E-state index in [-0.39, 0.29) is 24.6 Å². The molecule has 1 aliphatic rings. The minimum absolute atomic E-state index is 0.107. The SMILES string of the molecule is CN(C(=O)c1cccc2c1OCO2)[C@@H](CCNC(=O)c1ccccn1)Cc1ccccc1. The molecule has 0 fully saturated rings. The highest BCUT2D eigenvalue weighted by molar-refractivity contribution is 5.98. The molecule has 0 radical (unpaired) electrons. The summed E-state index contributed by atoms with van der Waals surface area (Å²) in [5, 5.41) is 2.91. The second-order valence-corrected chi connectivity index (χ2v) is 7.56. The number of nitrogens with zero attached hydrogens (tertiary/aromatic N) is 2. The zero-order chi connectivity index (χ0) is 22.3. The Bertz CT molecular complexity index is 1070. The highest BCUT2D eigenvalue weighted by Gasteiger charge is 2.27. The first-order valence-corrected chi connectivity index (χ1v) is 10.5. The largest absolute Gasteiger partial charge is 0.454 e. The Morgan fingerprint density at radius 2 is 1.84 bits per heavy atom. The van der Waals surface area contributed by atoms with E-state index in [1.807, 2.05) is 30.3 Å². The molecule has 164 valence electrons. The standard InChI is InChI=1S/C25H25N3O4/c1-28(25(30)20-10-7-12-22-23(20)32-17-31-22)19(16-18-8-3-2-4-9-18)13-15-27-24(29)21-11-5-6-14-26-21/h2-12,14,19H,13,15-17H2,1H3,(H,27,29)/t19-/m0/s1. The van der Waals surface area contributed by atoms with Crippen LogP contribution in [0.3, 0.4) is 0 Å². The van der Waals surface area contributed by atoms with E-state index in [0.717, 1.165) is 5.56 Å². The number of rotatable bonds is 8. The number of hydrogen-bond donors (Lipinski definition) is 1. The molecule has 0 saturated heterocycles. The average molecular weight is 431 g/mol. The third kappa shape index (κ3) is 4.88. The number of aromatic nitrogens is 1. The van der Waals surface area contributed by atoms with Crippen LogP contribution in [-0.2, 0) is 6.42 Å². The van der Waals surface area contributed by atoms with Crippen molar-refractivity contribution in [3.8, 4) is 11.5 Å². The molecule has 2 heterocycles. The summed E-state index contributed by atoms with van der Waals surface area (Å²) < 4.78 is 10.9. The van der Waals surface area contributed by atoms with Gasteiger partial charge < -0.3 is 19.7 Å². The average Bonchev–Trinajstić information content (AvgIpc) is 3.33. The molecule has 0 spiro atoms. The molecule has 3 aromatic rings. The van der Waals surface area contributed by atoms with E-state index in [0.29, 0.717) is 42.1 Å². The van der Waals surface area contributed by atoms with Gasteiger partial charge in [-0.05, 0) is 42.7 Å². The Kier molecular flexibility index (Phi) is 6.65. The van der Waals surface area contributed by atoms with Gasteiger partial charge in [-0.25, -0.2) is 0 Å². The molecule has 2 aromatic carbocycles. The maximum absolute atomic E-state index is 13.3. The van der Waals surface area contributed by atoms with Crippen molar-refractivity contribution in [2.24, 2.45) is 0 Å². The van der Waals surface area contributed by atoms with Gasteiger partial charge in [0, 0.05) is 25.8 Å². The number of amides is 2. The first-order chi connectivity index (χ1) is 15.6. The number of para-hydroxylation sites is 1. The zero-order valence-electron chi connectivity index (χ0n) is 17.9. The van der Waals surface area contributed by atoms with Crippen LogP contribution in [0.15, 0.2) is 72.9 Å². The second kappa shape index (κ2) is 9.96. The first-order valence-electron chi connectivity index (χ1n) is 10.5. The number of benzene rings is 2. The number of likely N-dealkylation sites (N-methyl/N-ethyl adjacent to an activating group) is 1. The van der Waals surface area contributed by atoms with Crippen molar-refractivity contribution in [3.05, 3.63) is 89.7 Å². The van der Waals surface area contributed by atoms with Crippen LogP contribution in [-0.4, -0.2) is 48.1 Å². The third-order valence-electron chi connectivity index (χ3n) is 5.47. The van der Waals surface area contributed by atoms with Crippen molar-refractivity contribution in [2.75, 3.05) is 20.4 Å². The van der Waals surface area contributed by atoms with E-state index >= 15 is 0 Å². The van der Waals surface area contributed by atoms with Crippen molar-refractivity contribution in [2.45, 2.75) is 18.9 Å². The van der Waals surface area contributed by atoms with Crippen LogP contribution in [0.5, 0.6) is 11.5 Å². The Morgan fingerprint density at radius 3 is 2.62 bits per heavy atom. The fourth-order valence-electron chi connectivity index (χ4n) is 3.71. The molecule has 2 amide bonds. The number of pyridine rings is 1. The van der Waals surface area contributed by atoms with Gasteiger partial charge in [0.1, 0.15) is 5.69 Å². The first kappa shape index (κ1) is 21.4. The van der Waals surface area contributed by atoms with Gasteiger partial charge in [0.15, 0.2) is 11.5 Å². The van der Waals surface area contributed by atoms with Crippen molar-refractivity contribution in [3.63, 3.8) is 0 Å². The van der Waals surface area contributed by atoms with Gasteiger partial charge in [-0.3, -0.25) is 14.6 Å². The molecule has 0 saturated carbocycles. The maximum atomic E-state index is 13.3. The van der Waals surface area contributed by atoms with Crippen LogP contribution in [0.4, 0.5) is 0 Å². The summed E-state index contributed by atoms with van der Waals surface area (Å²) in [5.74, 6) is 0.673. The molecule has 1 atom stereocenters. The fraction of sp³-hybridized carbons (Fsp3) is 0.240. The minimum atomic E-state index is -0.232. The van der Waals surface area contributed by atoms with Gasteiger partial charge in [-0.15, -0.1) is 0 Å². The molecule has 1 aromatic heterocycles. The van der Waals surface area contributed by atoms with E-state index in [4.69, 9.17) is 9.47 Å². The van der Waals surface area contributed by atoms with Crippen molar-refractivity contribution < 1.29 is 19.1 Å². The van der Waals surface area contributed by atoms with E-state index in [1.165, 1.54) is 0 Å². The zero-order valence-corrected chi connectivity index (χ0v) is 17.9. The smallest absolute Gasteiger partial charge is 0.269 e. The number of ether oxygens (including phenoxy) is 2. The third-order valence-corrected chi connectivity index (χ3v) is 5.47. The topological polar surface area (TPSA) is 80.8 Å². The van der Waals surface area contributed by atoms with Crippen LogP contribution in [0.2, 0.25) is 0 Å². The lowest BCUT2D eigenvalue weighted by atomic mass is 10.0. The molecule has 0 aliphatic carbocycles. The van der Waals surface area contributed by atoms with Gasteiger partial charge >= 0.3 is 0 Å². The van der Waals surface area contributed by atoms with Gasteiger partial charge in [-0.1, -0.05) is 42.5 Å². The van der Waals surface area contributed by atoms with Crippen molar-refractivity contribution in [1.82, 2.24) is 15.2 Å². The highest BCUT2D eigenvalue weighted by Crippen LogP contribution is 2.36. The van der Waals surface area contributed by atoms with Crippen LogP contribution < -0.4 is 14.8 Å². The number of carbonyl (C=O) groups is 2. The Hall–Kier alpha value is -3.87. The molecule has 4 rings (SSSR count). The summed E-state index contributed by atoms with van der Waals surface area (Å²) in [4.78, 5) is 31.5. The summed E-state index contributed by atoms with van der Waals surface area (Å²) in [6.07, 6.45) is 2.83. The summed E-state index contributed by atoms with van der Waals surface area (Å²) >= 11 is 0. The van der Waals surface area contributed by atoms with E-state index < -0.39 is 0 Å². The molecule has 7 nitrogen and oxygen atoms in total. The van der Waals surface area contributed by atoms with Crippen LogP contribution in [0.25, 0.3) is 0 Å². The van der Waals surface area contributed by atoms with E-state index in [9.17, 15) is 9.59 Å². The molecule has 1 N–H and O–H groups in total. The van der Waals surface area contributed by atoms with E-state index in [1.54, 1.807) is 54.5 Å². The Morgan fingerprint density at radius 1 is 1.03 bits per heavy atom. The molecular weight excluding hydrogens is 406 g/mol. The quantitative estimate of drug-likeness (QED) is 0.592. The fourth-order valence-corrected chi connectivity index (χ4v) is 3.71. The number of nitrogens with one attached hydrogen (secondary N) is 1. The summed E-state index contributed by atoms with van der Waals surface area (Å²) in [5.41, 5.74) is 1.96.